The van der Waals surface area contributed by atoms with E-state index in [1.165, 1.54) is 57.2 Å². The minimum Gasteiger partial charge on any atom is -0.337 e. The van der Waals surface area contributed by atoms with Crippen LogP contribution in [0.4, 0.5) is 5.69 Å². The molecular weight excluding hydrogens is 460 g/mol. The second kappa shape index (κ2) is 8.77. The van der Waals surface area contributed by atoms with Gasteiger partial charge in [-0.1, -0.05) is 91.1 Å². The summed E-state index contributed by atoms with van der Waals surface area (Å²) in [5, 5.41) is 2.78. The number of aromatic nitrogens is 1. The summed E-state index contributed by atoms with van der Waals surface area (Å²) in [6, 6.07) is 28.1. The van der Waals surface area contributed by atoms with Crippen molar-refractivity contribution < 1.29 is 0 Å². The lowest BCUT2D eigenvalue weighted by atomic mass is 9.83. The second-order valence-corrected chi connectivity index (χ2v) is 11.1. The Balaban J connectivity index is 1.21. The van der Waals surface area contributed by atoms with Crippen molar-refractivity contribution in [2.75, 3.05) is 4.90 Å². The molecule has 38 heavy (non-hydrogen) atoms. The fourth-order valence-electron chi connectivity index (χ4n) is 7.33. The average molecular weight is 493 g/mol. The largest absolute Gasteiger partial charge is 0.337 e. The van der Waals surface area contributed by atoms with Gasteiger partial charge in [0.2, 0.25) is 0 Å². The Morgan fingerprint density at radius 2 is 1.58 bits per heavy atom. The van der Waals surface area contributed by atoms with Gasteiger partial charge >= 0.3 is 0 Å². The first-order chi connectivity index (χ1) is 18.9. The number of nitrogens with zero attached hydrogens (tertiary/aromatic N) is 2. The smallest absolute Gasteiger partial charge is 0.0629 e. The lowest BCUT2D eigenvalue weighted by Crippen LogP contribution is -2.30. The molecule has 1 aliphatic heterocycles. The SMILES string of the molecule is C1=CC2C3=CC(c4ccc5c(c4)c4ccccc4n5C4CC=CCC4)CC=C3N(c3ccccc3)C2C=C1. The van der Waals surface area contributed by atoms with E-state index in [1.54, 1.807) is 0 Å². The van der Waals surface area contributed by atoms with Crippen molar-refractivity contribution in [2.45, 2.75) is 43.7 Å². The molecule has 0 amide bonds. The molecule has 4 unspecified atom stereocenters. The van der Waals surface area contributed by atoms with E-state index < -0.39 is 0 Å². The fraction of sp³-hybridized carbons (Fsp3) is 0.222. The minimum atomic E-state index is 0.351. The van der Waals surface area contributed by atoms with Gasteiger partial charge in [-0.15, -0.1) is 0 Å². The Bertz CT molecular complexity index is 1690. The van der Waals surface area contributed by atoms with E-state index in [4.69, 9.17) is 0 Å². The summed E-state index contributed by atoms with van der Waals surface area (Å²) < 4.78 is 2.62. The van der Waals surface area contributed by atoms with Gasteiger partial charge in [0.15, 0.2) is 0 Å². The molecule has 1 aromatic heterocycles. The van der Waals surface area contributed by atoms with Crippen molar-refractivity contribution in [2.24, 2.45) is 5.92 Å². The van der Waals surface area contributed by atoms with Crippen molar-refractivity contribution in [1.29, 1.82) is 0 Å². The zero-order valence-electron chi connectivity index (χ0n) is 21.6. The van der Waals surface area contributed by atoms with Gasteiger partial charge in [-0.3, -0.25) is 0 Å². The van der Waals surface area contributed by atoms with Gasteiger partial charge in [-0.05, 0) is 67.2 Å². The molecule has 0 saturated carbocycles. The molecule has 1 fully saturated rings. The Morgan fingerprint density at radius 3 is 2.47 bits per heavy atom. The summed E-state index contributed by atoms with van der Waals surface area (Å²) in [4.78, 5) is 2.54. The summed E-state index contributed by atoms with van der Waals surface area (Å²) in [7, 11) is 0. The molecule has 4 atom stereocenters. The third-order valence-electron chi connectivity index (χ3n) is 9.07. The molecule has 186 valence electrons. The fourth-order valence-corrected chi connectivity index (χ4v) is 7.33. The molecule has 4 aromatic rings. The van der Waals surface area contributed by atoms with Gasteiger partial charge in [0, 0.05) is 51.1 Å². The van der Waals surface area contributed by atoms with Crippen LogP contribution < -0.4 is 4.90 Å². The van der Waals surface area contributed by atoms with E-state index in [0.717, 1.165) is 12.8 Å². The lowest BCUT2D eigenvalue weighted by Gasteiger charge is -2.28. The van der Waals surface area contributed by atoms with Crippen LogP contribution in [0, 0.1) is 5.92 Å². The molecule has 2 nitrogen and oxygen atoms in total. The Morgan fingerprint density at radius 1 is 0.737 bits per heavy atom. The van der Waals surface area contributed by atoms with E-state index in [2.05, 4.69) is 131 Å². The van der Waals surface area contributed by atoms with Crippen molar-refractivity contribution in [3.05, 3.63) is 138 Å². The zero-order valence-corrected chi connectivity index (χ0v) is 21.6. The van der Waals surface area contributed by atoms with Gasteiger partial charge in [0.1, 0.15) is 0 Å². The molecule has 3 aromatic carbocycles. The third kappa shape index (κ3) is 3.33. The number of hydrogen-bond acceptors (Lipinski definition) is 1. The molecule has 0 N–H and O–H groups in total. The van der Waals surface area contributed by atoms with E-state index in [0.29, 0.717) is 23.9 Å². The molecule has 4 aliphatic rings. The summed E-state index contributed by atoms with van der Waals surface area (Å²) in [6.07, 6.45) is 23.5. The summed E-state index contributed by atoms with van der Waals surface area (Å²) in [5.74, 6) is 0.799. The first kappa shape index (κ1) is 22.0. The van der Waals surface area contributed by atoms with Crippen LogP contribution in [0.3, 0.4) is 0 Å². The highest BCUT2D eigenvalue weighted by Crippen LogP contribution is 2.48. The molecule has 0 spiro atoms. The average Bonchev–Trinajstić information content (AvgIpc) is 3.50. The molecule has 2 heteroatoms. The highest BCUT2D eigenvalue weighted by molar-refractivity contribution is 6.08. The topological polar surface area (TPSA) is 8.17 Å². The molecule has 1 saturated heterocycles. The number of allylic oxidation sites excluding steroid dienone is 7. The second-order valence-electron chi connectivity index (χ2n) is 11.1. The van der Waals surface area contributed by atoms with Gasteiger partial charge in [-0.25, -0.2) is 0 Å². The number of hydrogen-bond donors (Lipinski definition) is 0. The monoisotopic (exact) mass is 492 g/mol. The number of rotatable bonds is 3. The van der Waals surface area contributed by atoms with Crippen molar-refractivity contribution in [3.63, 3.8) is 0 Å². The number of benzene rings is 3. The van der Waals surface area contributed by atoms with E-state index >= 15 is 0 Å². The Labute approximate surface area is 224 Å². The lowest BCUT2D eigenvalue weighted by molar-refractivity contribution is 0.485. The van der Waals surface area contributed by atoms with Crippen LogP contribution in [0.5, 0.6) is 0 Å². The summed E-state index contributed by atoms with van der Waals surface area (Å²) >= 11 is 0. The molecule has 0 radical (unpaired) electrons. The van der Waals surface area contributed by atoms with E-state index in [-0.39, 0.29) is 0 Å². The van der Waals surface area contributed by atoms with Crippen LogP contribution in [0.15, 0.2) is 133 Å². The first-order valence-electron chi connectivity index (χ1n) is 14.2. The zero-order chi connectivity index (χ0) is 25.1. The predicted octanol–water partition coefficient (Wildman–Crippen LogP) is 9.00. The van der Waals surface area contributed by atoms with E-state index in [1.807, 2.05) is 0 Å². The first-order valence-corrected chi connectivity index (χ1v) is 14.2. The minimum absolute atomic E-state index is 0.351. The normalized spacial score (nSPS) is 25.9. The van der Waals surface area contributed by atoms with Crippen LogP contribution >= 0.6 is 0 Å². The molecule has 0 bridgehead atoms. The van der Waals surface area contributed by atoms with Gasteiger partial charge in [0.25, 0.3) is 0 Å². The van der Waals surface area contributed by atoms with Crippen LogP contribution in [-0.4, -0.2) is 10.6 Å². The standard InChI is InChI=1S/C36H32N2/c1-3-11-27(12-4-1)37-33-17-9-7-15-29(33)31-23-25(19-21-35(31)37)26-20-22-36-32(24-26)30-16-8-10-18-34(30)38(36)28-13-5-2-6-14-28/h1-5,7-12,15-18,20-25,28-29,33H,6,13-14,19H2. The maximum Gasteiger partial charge on any atom is 0.0629 e. The van der Waals surface area contributed by atoms with Crippen LogP contribution in [0.25, 0.3) is 21.8 Å². The Kier molecular flexibility index (Phi) is 5.07. The number of para-hydroxylation sites is 2. The predicted molar refractivity (Wildman–Crippen MR) is 159 cm³/mol. The summed E-state index contributed by atoms with van der Waals surface area (Å²) in [5.41, 5.74) is 8.33. The van der Waals surface area contributed by atoms with Crippen LogP contribution in [0.1, 0.15) is 43.2 Å². The van der Waals surface area contributed by atoms with E-state index in [9.17, 15) is 0 Å². The number of fused-ring (bicyclic) bond motifs is 6. The number of anilines is 1. The Hall–Kier alpha value is -4.04. The van der Waals surface area contributed by atoms with Crippen LogP contribution in [0.2, 0.25) is 0 Å². The third-order valence-corrected chi connectivity index (χ3v) is 9.07. The van der Waals surface area contributed by atoms with Crippen LogP contribution in [-0.2, 0) is 0 Å². The van der Waals surface area contributed by atoms with Crippen molar-refractivity contribution in [3.8, 4) is 0 Å². The highest BCUT2D eigenvalue weighted by Gasteiger charge is 2.41. The van der Waals surface area contributed by atoms with Gasteiger partial charge in [-0.2, -0.15) is 0 Å². The van der Waals surface area contributed by atoms with Crippen molar-refractivity contribution in [1.82, 2.24) is 4.57 Å². The quantitative estimate of drug-likeness (QED) is 0.259. The van der Waals surface area contributed by atoms with Gasteiger partial charge < -0.3 is 9.47 Å². The summed E-state index contributed by atoms with van der Waals surface area (Å²) in [6.45, 7) is 0. The molecular formula is C36H32N2. The maximum atomic E-state index is 2.62. The molecule has 8 rings (SSSR count). The van der Waals surface area contributed by atoms with Crippen molar-refractivity contribution >= 4 is 27.5 Å². The molecule has 2 heterocycles. The highest BCUT2D eigenvalue weighted by atomic mass is 15.2. The molecule has 3 aliphatic carbocycles. The maximum absolute atomic E-state index is 2.62. The van der Waals surface area contributed by atoms with Gasteiger partial charge in [0.05, 0.1) is 6.04 Å².